The molecule has 1 amide bonds. The third-order valence-electron chi connectivity index (χ3n) is 4.29. The second-order valence-electron chi connectivity index (χ2n) is 6.68. The Balaban J connectivity index is 1.63. The topological polar surface area (TPSA) is 51.2 Å². The fourth-order valence-electron chi connectivity index (χ4n) is 3.08. The van der Waals surface area contributed by atoms with Crippen molar-refractivity contribution in [1.29, 1.82) is 0 Å². The van der Waals surface area contributed by atoms with E-state index in [0.29, 0.717) is 11.3 Å². The molecule has 0 bridgehead atoms. The van der Waals surface area contributed by atoms with Crippen molar-refractivity contribution >= 4 is 33.8 Å². The number of anilines is 1. The first-order chi connectivity index (χ1) is 13.6. The highest BCUT2D eigenvalue weighted by atomic mass is 32.1. The SMILES string of the molecule is CC(C)Oc1ccc(C(=O)Nc2cccc3c(-c4cccs4)ccnc23)cc1. The van der Waals surface area contributed by atoms with E-state index >= 15 is 0 Å². The van der Waals surface area contributed by atoms with Gasteiger partial charge in [-0.15, -0.1) is 11.3 Å². The molecule has 0 saturated carbocycles. The summed E-state index contributed by atoms with van der Waals surface area (Å²) in [6, 6.07) is 19.1. The number of fused-ring (bicyclic) bond motifs is 1. The van der Waals surface area contributed by atoms with Gasteiger partial charge >= 0.3 is 0 Å². The summed E-state index contributed by atoms with van der Waals surface area (Å²) in [5, 5.41) is 6.07. The molecule has 4 aromatic rings. The molecule has 0 aliphatic heterocycles. The molecule has 0 spiro atoms. The summed E-state index contributed by atoms with van der Waals surface area (Å²) in [7, 11) is 0. The van der Waals surface area contributed by atoms with Crippen LogP contribution in [0.5, 0.6) is 5.75 Å². The summed E-state index contributed by atoms with van der Waals surface area (Å²) < 4.78 is 5.63. The Labute approximate surface area is 167 Å². The van der Waals surface area contributed by atoms with Crippen molar-refractivity contribution in [2.45, 2.75) is 20.0 Å². The normalized spacial score (nSPS) is 11.0. The molecule has 2 heterocycles. The molecule has 0 fully saturated rings. The Hall–Kier alpha value is -3.18. The molecule has 0 aliphatic rings. The maximum atomic E-state index is 12.7. The van der Waals surface area contributed by atoms with Crippen LogP contribution >= 0.6 is 11.3 Å². The number of benzene rings is 2. The highest BCUT2D eigenvalue weighted by Gasteiger charge is 2.12. The number of hydrogen-bond donors (Lipinski definition) is 1. The summed E-state index contributed by atoms with van der Waals surface area (Å²) in [5.74, 6) is 0.575. The molecule has 0 atom stereocenters. The molecule has 0 aliphatic carbocycles. The van der Waals surface area contributed by atoms with Crippen LogP contribution in [0.1, 0.15) is 24.2 Å². The van der Waals surface area contributed by atoms with Crippen LogP contribution in [0.3, 0.4) is 0 Å². The van der Waals surface area contributed by atoms with E-state index in [1.54, 1.807) is 29.7 Å². The maximum Gasteiger partial charge on any atom is 0.255 e. The zero-order chi connectivity index (χ0) is 19.5. The molecule has 140 valence electrons. The van der Waals surface area contributed by atoms with Gasteiger partial charge in [0.1, 0.15) is 5.75 Å². The van der Waals surface area contributed by atoms with Gasteiger partial charge in [-0.25, -0.2) is 0 Å². The molecule has 4 rings (SSSR count). The van der Waals surface area contributed by atoms with E-state index in [4.69, 9.17) is 4.74 Å². The van der Waals surface area contributed by atoms with Gasteiger partial charge < -0.3 is 10.1 Å². The van der Waals surface area contributed by atoms with Crippen molar-refractivity contribution in [3.05, 3.63) is 77.8 Å². The Kier molecular flexibility index (Phi) is 5.08. The lowest BCUT2D eigenvalue weighted by Crippen LogP contribution is -2.12. The summed E-state index contributed by atoms with van der Waals surface area (Å²) in [5.41, 5.74) is 3.17. The standard InChI is InChI=1S/C23H20N2O2S/c1-15(2)27-17-10-8-16(9-11-17)23(26)25-20-6-3-5-19-18(12-13-24-22(19)20)21-7-4-14-28-21/h3-15H,1-2H3,(H,25,26). The Morgan fingerprint density at radius 2 is 1.86 bits per heavy atom. The van der Waals surface area contributed by atoms with Crippen molar-refractivity contribution in [2.75, 3.05) is 5.32 Å². The van der Waals surface area contributed by atoms with Crippen LogP contribution in [-0.4, -0.2) is 17.0 Å². The van der Waals surface area contributed by atoms with Crippen molar-refractivity contribution in [1.82, 2.24) is 4.98 Å². The van der Waals surface area contributed by atoms with Crippen LogP contribution in [0, 0.1) is 0 Å². The first-order valence-corrected chi connectivity index (χ1v) is 9.99. The molecule has 5 heteroatoms. The second kappa shape index (κ2) is 7.82. The number of ether oxygens (including phenoxy) is 1. The minimum absolute atomic E-state index is 0.0963. The van der Waals surface area contributed by atoms with E-state index in [0.717, 1.165) is 22.2 Å². The predicted molar refractivity (Wildman–Crippen MR) is 115 cm³/mol. The zero-order valence-electron chi connectivity index (χ0n) is 15.7. The maximum absolute atomic E-state index is 12.7. The number of pyridine rings is 1. The zero-order valence-corrected chi connectivity index (χ0v) is 16.5. The van der Waals surface area contributed by atoms with Crippen LogP contribution in [0.4, 0.5) is 5.69 Å². The fraction of sp³-hybridized carbons (Fsp3) is 0.130. The average Bonchev–Trinajstić information content (AvgIpc) is 3.22. The van der Waals surface area contributed by atoms with Gasteiger partial charge in [-0.1, -0.05) is 18.2 Å². The molecule has 1 N–H and O–H groups in total. The number of carbonyl (C=O) groups is 1. The van der Waals surface area contributed by atoms with Crippen LogP contribution in [0.2, 0.25) is 0 Å². The summed E-state index contributed by atoms with van der Waals surface area (Å²) in [6.45, 7) is 3.94. The van der Waals surface area contributed by atoms with Crippen LogP contribution in [-0.2, 0) is 0 Å². The molecule has 28 heavy (non-hydrogen) atoms. The molecule has 0 saturated heterocycles. The van der Waals surface area contributed by atoms with Crippen molar-refractivity contribution in [3.8, 4) is 16.2 Å². The highest BCUT2D eigenvalue weighted by molar-refractivity contribution is 7.13. The van der Waals surface area contributed by atoms with E-state index in [9.17, 15) is 4.79 Å². The monoisotopic (exact) mass is 388 g/mol. The molecule has 2 aromatic heterocycles. The van der Waals surface area contributed by atoms with Gasteiger partial charge in [0.15, 0.2) is 0 Å². The summed E-state index contributed by atoms with van der Waals surface area (Å²) in [4.78, 5) is 18.4. The predicted octanol–water partition coefficient (Wildman–Crippen LogP) is 6.00. The number of thiophene rings is 1. The van der Waals surface area contributed by atoms with Crippen LogP contribution < -0.4 is 10.1 Å². The largest absolute Gasteiger partial charge is 0.491 e. The lowest BCUT2D eigenvalue weighted by molar-refractivity contribution is 0.102. The Bertz CT molecular complexity index is 1100. The number of rotatable bonds is 5. The molecule has 0 radical (unpaired) electrons. The van der Waals surface area contributed by atoms with Gasteiger partial charge in [0.2, 0.25) is 0 Å². The molecule has 4 nitrogen and oxygen atoms in total. The van der Waals surface area contributed by atoms with E-state index < -0.39 is 0 Å². The number of amides is 1. The van der Waals surface area contributed by atoms with Crippen molar-refractivity contribution in [2.24, 2.45) is 0 Å². The van der Waals surface area contributed by atoms with Crippen LogP contribution in [0.25, 0.3) is 21.3 Å². The first kappa shape index (κ1) is 18.2. The summed E-state index contributed by atoms with van der Waals surface area (Å²) >= 11 is 1.69. The lowest BCUT2D eigenvalue weighted by Gasteiger charge is -2.12. The molecule has 2 aromatic carbocycles. The van der Waals surface area contributed by atoms with Crippen molar-refractivity contribution in [3.63, 3.8) is 0 Å². The fourth-order valence-corrected chi connectivity index (χ4v) is 3.84. The Morgan fingerprint density at radius 1 is 1.04 bits per heavy atom. The number of hydrogen-bond acceptors (Lipinski definition) is 4. The average molecular weight is 388 g/mol. The van der Waals surface area contributed by atoms with E-state index in [1.165, 1.54) is 4.88 Å². The third-order valence-corrected chi connectivity index (χ3v) is 5.20. The Morgan fingerprint density at radius 3 is 2.57 bits per heavy atom. The van der Waals surface area contributed by atoms with Gasteiger partial charge in [-0.2, -0.15) is 0 Å². The molecule has 0 unspecified atom stereocenters. The third kappa shape index (κ3) is 3.75. The minimum atomic E-state index is -0.174. The van der Waals surface area contributed by atoms with Gasteiger partial charge in [-0.05, 0) is 61.7 Å². The first-order valence-electron chi connectivity index (χ1n) is 9.11. The van der Waals surface area contributed by atoms with E-state index in [2.05, 4.69) is 21.7 Å². The number of nitrogens with one attached hydrogen (secondary N) is 1. The molecular weight excluding hydrogens is 368 g/mol. The van der Waals surface area contributed by atoms with Gasteiger partial charge in [-0.3, -0.25) is 9.78 Å². The minimum Gasteiger partial charge on any atom is -0.491 e. The van der Waals surface area contributed by atoms with Crippen molar-refractivity contribution < 1.29 is 9.53 Å². The smallest absolute Gasteiger partial charge is 0.255 e. The van der Waals surface area contributed by atoms with Crippen LogP contribution in [0.15, 0.2) is 72.2 Å². The van der Waals surface area contributed by atoms with E-state index in [-0.39, 0.29) is 12.0 Å². The van der Waals surface area contributed by atoms with Gasteiger partial charge in [0.05, 0.1) is 17.3 Å². The van der Waals surface area contributed by atoms with Gasteiger partial charge in [0.25, 0.3) is 5.91 Å². The lowest BCUT2D eigenvalue weighted by atomic mass is 10.1. The second-order valence-corrected chi connectivity index (χ2v) is 7.63. The number of nitrogens with zero attached hydrogens (tertiary/aromatic N) is 1. The number of para-hydroxylation sites is 1. The summed E-state index contributed by atoms with van der Waals surface area (Å²) in [6.07, 6.45) is 1.88. The van der Waals surface area contributed by atoms with E-state index in [1.807, 2.05) is 56.3 Å². The highest BCUT2D eigenvalue weighted by Crippen LogP contribution is 2.33. The quantitative estimate of drug-likeness (QED) is 0.456. The van der Waals surface area contributed by atoms with Gasteiger partial charge in [0, 0.05) is 27.6 Å². The number of carbonyl (C=O) groups excluding carboxylic acids is 1. The molecular formula is C23H20N2O2S. The number of aromatic nitrogens is 1.